The molecule has 0 unspecified atom stereocenters. The van der Waals surface area contributed by atoms with Crippen LogP contribution >= 0.6 is 0 Å². The highest BCUT2D eigenvalue weighted by Gasteiger charge is 2.19. The van der Waals surface area contributed by atoms with Gasteiger partial charge in [-0.15, -0.1) is 6.58 Å². The van der Waals surface area contributed by atoms with E-state index in [1.807, 2.05) is 32.0 Å². The Kier molecular flexibility index (Phi) is 4.28. The van der Waals surface area contributed by atoms with Crippen LogP contribution in [-0.2, 0) is 6.54 Å². The summed E-state index contributed by atoms with van der Waals surface area (Å²) in [7, 11) is 0. The topological polar surface area (TPSA) is 59.3 Å². The summed E-state index contributed by atoms with van der Waals surface area (Å²) in [6.45, 7) is 7.78. The van der Waals surface area contributed by atoms with E-state index in [4.69, 9.17) is 0 Å². The fraction of sp³-hybridized carbons (Fsp3) is 0.143. The van der Waals surface area contributed by atoms with Gasteiger partial charge in [0.05, 0.1) is 16.6 Å². The number of hydrogen-bond donors (Lipinski definition) is 1. The van der Waals surface area contributed by atoms with Gasteiger partial charge in [-0.3, -0.25) is 9.59 Å². The Balaban J connectivity index is 2.30. The molecule has 2 aromatic carbocycles. The van der Waals surface area contributed by atoms with Crippen LogP contribution in [0, 0.1) is 13.8 Å². The molecule has 4 nitrogen and oxygen atoms in total. The molecule has 0 bridgehead atoms. The SMILES string of the molecule is C=CCn1c(=O)c(C(=O)c2cc(C)ccc2O)cc2cc(C)ccc21. The summed E-state index contributed by atoms with van der Waals surface area (Å²) in [5, 5.41) is 10.8. The van der Waals surface area contributed by atoms with Crippen molar-refractivity contribution in [2.24, 2.45) is 0 Å². The van der Waals surface area contributed by atoms with Gasteiger partial charge in [0.15, 0.2) is 0 Å². The number of fused-ring (bicyclic) bond motifs is 1. The van der Waals surface area contributed by atoms with Gasteiger partial charge in [0.25, 0.3) is 5.56 Å². The van der Waals surface area contributed by atoms with Crippen molar-refractivity contribution in [3.8, 4) is 5.75 Å². The molecule has 1 heterocycles. The number of aromatic hydroxyl groups is 1. The fourth-order valence-corrected chi connectivity index (χ4v) is 2.96. The molecule has 0 fully saturated rings. The maximum Gasteiger partial charge on any atom is 0.262 e. The average Bonchev–Trinajstić information content (AvgIpc) is 2.58. The van der Waals surface area contributed by atoms with Crippen LogP contribution in [0.25, 0.3) is 10.9 Å². The Morgan fingerprint density at radius 2 is 1.76 bits per heavy atom. The first-order chi connectivity index (χ1) is 11.9. The lowest BCUT2D eigenvalue weighted by molar-refractivity contribution is 0.103. The first-order valence-corrected chi connectivity index (χ1v) is 8.02. The molecule has 3 rings (SSSR count). The van der Waals surface area contributed by atoms with Crippen LogP contribution < -0.4 is 5.56 Å². The Morgan fingerprint density at radius 3 is 2.48 bits per heavy atom. The lowest BCUT2D eigenvalue weighted by Crippen LogP contribution is -2.27. The molecular weight excluding hydrogens is 314 g/mol. The van der Waals surface area contributed by atoms with E-state index in [9.17, 15) is 14.7 Å². The molecule has 0 radical (unpaired) electrons. The number of ketones is 1. The van der Waals surface area contributed by atoms with Crippen LogP contribution in [0.1, 0.15) is 27.0 Å². The van der Waals surface area contributed by atoms with Crippen LogP contribution in [0.2, 0.25) is 0 Å². The Bertz CT molecular complexity index is 1060. The molecule has 1 aromatic heterocycles. The molecule has 4 heteroatoms. The maximum atomic E-state index is 12.9. The molecule has 0 spiro atoms. The summed E-state index contributed by atoms with van der Waals surface area (Å²) in [6, 6.07) is 12.1. The van der Waals surface area contributed by atoms with E-state index in [1.165, 1.54) is 10.6 Å². The third-order valence-electron chi connectivity index (χ3n) is 4.20. The van der Waals surface area contributed by atoms with Crippen LogP contribution in [-0.4, -0.2) is 15.5 Å². The van der Waals surface area contributed by atoms with Gasteiger partial charge in [0.1, 0.15) is 5.75 Å². The number of rotatable bonds is 4. The minimum absolute atomic E-state index is 0.0425. The zero-order chi connectivity index (χ0) is 18.1. The first-order valence-electron chi connectivity index (χ1n) is 8.02. The van der Waals surface area contributed by atoms with E-state index >= 15 is 0 Å². The molecule has 0 aliphatic rings. The van der Waals surface area contributed by atoms with E-state index in [-0.39, 0.29) is 22.4 Å². The van der Waals surface area contributed by atoms with Crippen molar-refractivity contribution in [1.82, 2.24) is 4.57 Å². The average molecular weight is 333 g/mol. The zero-order valence-corrected chi connectivity index (χ0v) is 14.2. The highest BCUT2D eigenvalue weighted by Crippen LogP contribution is 2.23. The van der Waals surface area contributed by atoms with E-state index in [1.54, 1.807) is 24.3 Å². The van der Waals surface area contributed by atoms with Crippen molar-refractivity contribution in [3.05, 3.63) is 87.7 Å². The van der Waals surface area contributed by atoms with Gasteiger partial charge in [-0.2, -0.15) is 0 Å². The monoisotopic (exact) mass is 333 g/mol. The summed E-state index contributed by atoms with van der Waals surface area (Å²) in [5.74, 6) is -0.609. The molecule has 0 amide bonds. The highest BCUT2D eigenvalue weighted by molar-refractivity contribution is 6.11. The van der Waals surface area contributed by atoms with Gasteiger partial charge >= 0.3 is 0 Å². The smallest absolute Gasteiger partial charge is 0.262 e. The number of benzene rings is 2. The molecule has 1 N–H and O–H groups in total. The highest BCUT2D eigenvalue weighted by atomic mass is 16.3. The quantitative estimate of drug-likeness (QED) is 0.584. The number of nitrogens with zero attached hydrogens (tertiary/aromatic N) is 1. The summed E-state index contributed by atoms with van der Waals surface area (Å²) in [5.41, 5.74) is 2.41. The van der Waals surface area contributed by atoms with E-state index < -0.39 is 5.78 Å². The maximum absolute atomic E-state index is 12.9. The van der Waals surface area contributed by atoms with Crippen LogP contribution in [0.4, 0.5) is 0 Å². The third-order valence-corrected chi connectivity index (χ3v) is 4.20. The van der Waals surface area contributed by atoms with Crippen LogP contribution in [0.5, 0.6) is 5.75 Å². The summed E-state index contributed by atoms with van der Waals surface area (Å²) in [6.07, 6.45) is 1.62. The summed E-state index contributed by atoms with van der Waals surface area (Å²) >= 11 is 0. The number of carbonyl (C=O) groups excluding carboxylic acids is 1. The number of phenolic OH excluding ortho intramolecular Hbond substituents is 1. The second-order valence-corrected chi connectivity index (χ2v) is 6.17. The van der Waals surface area contributed by atoms with Crippen molar-refractivity contribution in [3.63, 3.8) is 0 Å². The van der Waals surface area contributed by atoms with Gasteiger partial charge in [-0.1, -0.05) is 29.3 Å². The molecule has 126 valence electrons. The second-order valence-electron chi connectivity index (χ2n) is 6.17. The van der Waals surface area contributed by atoms with Crippen LogP contribution in [0.3, 0.4) is 0 Å². The molecule has 0 aliphatic carbocycles. The Labute approximate surface area is 145 Å². The summed E-state index contributed by atoms with van der Waals surface area (Å²) in [4.78, 5) is 25.8. The molecule has 3 aromatic rings. The molecular formula is C21H19NO3. The van der Waals surface area contributed by atoms with E-state index in [0.29, 0.717) is 6.54 Å². The van der Waals surface area contributed by atoms with Gasteiger partial charge in [0.2, 0.25) is 5.78 Å². The van der Waals surface area contributed by atoms with Crippen molar-refractivity contribution >= 4 is 16.7 Å². The molecule has 0 atom stereocenters. The Morgan fingerprint density at radius 1 is 1.08 bits per heavy atom. The standard InChI is InChI=1S/C21H19NO3/c1-4-9-22-18-7-5-13(2)10-15(18)12-17(21(22)25)20(24)16-11-14(3)6-8-19(16)23/h4-8,10-12,23H,1,9H2,2-3H3. The van der Waals surface area contributed by atoms with Gasteiger partial charge in [-0.05, 0) is 49.6 Å². The van der Waals surface area contributed by atoms with Crippen LogP contribution in [0.15, 0.2) is 59.9 Å². The number of aromatic nitrogens is 1. The predicted molar refractivity (Wildman–Crippen MR) is 99.4 cm³/mol. The van der Waals surface area contributed by atoms with Gasteiger partial charge in [0, 0.05) is 6.54 Å². The van der Waals surface area contributed by atoms with Crippen molar-refractivity contribution in [2.45, 2.75) is 20.4 Å². The lowest BCUT2D eigenvalue weighted by Gasteiger charge is -2.12. The Hall–Kier alpha value is -3.14. The molecule has 0 aliphatic heterocycles. The normalized spacial score (nSPS) is 10.8. The molecule has 0 saturated carbocycles. The van der Waals surface area contributed by atoms with Crippen molar-refractivity contribution in [2.75, 3.05) is 0 Å². The van der Waals surface area contributed by atoms with E-state index in [2.05, 4.69) is 6.58 Å². The zero-order valence-electron chi connectivity index (χ0n) is 14.2. The third kappa shape index (κ3) is 2.98. The van der Waals surface area contributed by atoms with Crippen molar-refractivity contribution in [1.29, 1.82) is 0 Å². The van der Waals surface area contributed by atoms with Gasteiger partial charge < -0.3 is 9.67 Å². The number of hydrogen-bond acceptors (Lipinski definition) is 3. The first kappa shape index (κ1) is 16.7. The minimum atomic E-state index is -0.479. The number of pyridine rings is 1. The second kappa shape index (κ2) is 6.40. The lowest BCUT2D eigenvalue weighted by atomic mass is 9.99. The summed E-state index contributed by atoms with van der Waals surface area (Å²) < 4.78 is 1.53. The predicted octanol–water partition coefficient (Wildman–Crippen LogP) is 3.74. The molecule has 0 saturated heterocycles. The number of phenols is 1. The molecule has 25 heavy (non-hydrogen) atoms. The van der Waals surface area contributed by atoms with Crippen molar-refractivity contribution < 1.29 is 9.90 Å². The fourth-order valence-electron chi connectivity index (χ4n) is 2.96. The number of carbonyl (C=O) groups is 1. The number of allylic oxidation sites excluding steroid dienone is 1. The van der Waals surface area contributed by atoms with Gasteiger partial charge in [-0.25, -0.2) is 0 Å². The van der Waals surface area contributed by atoms with E-state index in [0.717, 1.165) is 22.0 Å². The largest absolute Gasteiger partial charge is 0.507 e. The number of aryl methyl sites for hydroxylation is 2. The minimum Gasteiger partial charge on any atom is -0.507 e.